The first-order valence-electron chi connectivity index (χ1n) is 23.2. The number of esters is 1. The van der Waals surface area contributed by atoms with Crippen LogP contribution in [0.2, 0.25) is 0 Å². The van der Waals surface area contributed by atoms with Crippen LogP contribution in [0.15, 0.2) is 85.1 Å². The first-order valence-corrected chi connectivity index (χ1v) is 23.2. The van der Waals surface area contributed by atoms with Crippen LogP contribution in [0.4, 0.5) is 0 Å². The number of aliphatic hydroxyl groups excluding tert-OH is 1. The van der Waals surface area contributed by atoms with Crippen molar-refractivity contribution in [2.24, 2.45) is 0 Å². The van der Waals surface area contributed by atoms with Gasteiger partial charge in [-0.25, -0.2) is 0 Å². The lowest BCUT2D eigenvalue weighted by Crippen LogP contribution is -2.27. The third-order valence-corrected chi connectivity index (χ3v) is 9.70. The zero-order chi connectivity index (χ0) is 39.8. The molecule has 0 aliphatic carbocycles. The van der Waals surface area contributed by atoms with Crippen LogP contribution in [0, 0.1) is 0 Å². The Morgan fingerprint density at radius 2 is 0.818 bits per heavy atom. The summed E-state index contributed by atoms with van der Waals surface area (Å²) in [4.78, 5) is 12.2. The van der Waals surface area contributed by atoms with Crippen molar-refractivity contribution in [1.29, 1.82) is 0 Å². The molecule has 1 N–H and O–H groups in total. The molecule has 4 heteroatoms. The van der Waals surface area contributed by atoms with Crippen molar-refractivity contribution in [3.05, 3.63) is 85.1 Å². The zero-order valence-corrected chi connectivity index (χ0v) is 36.2. The molecule has 0 fully saturated rings. The number of carbonyl (C=O) groups excluding carboxylic acids is 1. The summed E-state index contributed by atoms with van der Waals surface area (Å²) < 4.78 is 11.1. The number of ether oxygens (including phenoxy) is 2. The van der Waals surface area contributed by atoms with Gasteiger partial charge < -0.3 is 14.6 Å². The van der Waals surface area contributed by atoms with Crippen molar-refractivity contribution in [3.63, 3.8) is 0 Å². The van der Waals surface area contributed by atoms with Gasteiger partial charge >= 0.3 is 5.97 Å². The first kappa shape index (κ1) is 52.6. The molecule has 316 valence electrons. The number of aliphatic hydroxyl groups is 1. The molecule has 0 saturated carbocycles. The lowest BCUT2D eigenvalue weighted by molar-refractivity contribution is -0.154. The molecular formula is C51H88O4. The van der Waals surface area contributed by atoms with E-state index in [1.54, 1.807) is 0 Å². The highest BCUT2D eigenvalue weighted by molar-refractivity contribution is 5.69. The van der Waals surface area contributed by atoms with Gasteiger partial charge in [0.2, 0.25) is 0 Å². The van der Waals surface area contributed by atoms with Gasteiger partial charge in [0.1, 0.15) is 6.10 Å². The Bertz CT molecular complexity index is 985. The molecule has 1 unspecified atom stereocenters. The molecule has 0 aliphatic rings. The van der Waals surface area contributed by atoms with Gasteiger partial charge in [0.25, 0.3) is 0 Å². The fourth-order valence-corrected chi connectivity index (χ4v) is 6.28. The van der Waals surface area contributed by atoms with Gasteiger partial charge in [-0.2, -0.15) is 0 Å². The molecule has 0 radical (unpaired) electrons. The van der Waals surface area contributed by atoms with E-state index in [9.17, 15) is 9.90 Å². The summed E-state index contributed by atoms with van der Waals surface area (Å²) in [5, 5.41) is 9.61. The summed E-state index contributed by atoms with van der Waals surface area (Å²) in [5.41, 5.74) is 0. The second kappa shape index (κ2) is 47.7. The third-order valence-electron chi connectivity index (χ3n) is 9.70. The first-order chi connectivity index (χ1) is 27.2. The molecule has 4 nitrogen and oxygen atoms in total. The Balaban J connectivity index is 3.48. The van der Waals surface area contributed by atoms with E-state index >= 15 is 0 Å². The van der Waals surface area contributed by atoms with Crippen molar-refractivity contribution in [2.45, 2.75) is 213 Å². The highest BCUT2D eigenvalue weighted by Crippen LogP contribution is 2.14. The smallest absolute Gasteiger partial charge is 0.306 e. The summed E-state index contributed by atoms with van der Waals surface area (Å²) in [6.07, 6.45) is 66.7. The van der Waals surface area contributed by atoms with Crippen LogP contribution < -0.4 is 0 Å². The Hall–Kier alpha value is -2.43. The predicted molar refractivity (Wildman–Crippen MR) is 242 cm³/mol. The van der Waals surface area contributed by atoms with E-state index in [-0.39, 0.29) is 19.2 Å². The normalized spacial score (nSPS) is 13.1. The van der Waals surface area contributed by atoms with Gasteiger partial charge in [0, 0.05) is 13.0 Å². The zero-order valence-electron chi connectivity index (χ0n) is 36.2. The third kappa shape index (κ3) is 45.9. The topological polar surface area (TPSA) is 55.8 Å². The molecule has 0 heterocycles. The molecule has 0 aromatic rings. The number of carbonyl (C=O) groups is 1. The number of hydrogen-bond donors (Lipinski definition) is 1. The second-order valence-corrected chi connectivity index (χ2v) is 15.1. The molecule has 0 spiro atoms. The van der Waals surface area contributed by atoms with Crippen molar-refractivity contribution in [3.8, 4) is 0 Å². The molecular weight excluding hydrogens is 677 g/mol. The quantitative estimate of drug-likeness (QED) is 0.0382. The van der Waals surface area contributed by atoms with Gasteiger partial charge in [-0.05, 0) is 83.5 Å². The monoisotopic (exact) mass is 765 g/mol. The van der Waals surface area contributed by atoms with E-state index in [0.29, 0.717) is 13.0 Å². The van der Waals surface area contributed by atoms with Crippen LogP contribution >= 0.6 is 0 Å². The highest BCUT2D eigenvalue weighted by Gasteiger charge is 2.13. The van der Waals surface area contributed by atoms with E-state index < -0.39 is 6.10 Å². The van der Waals surface area contributed by atoms with Crippen molar-refractivity contribution < 1.29 is 19.4 Å². The summed E-state index contributed by atoms with van der Waals surface area (Å²) >= 11 is 0. The largest absolute Gasteiger partial charge is 0.457 e. The van der Waals surface area contributed by atoms with Gasteiger partial charge in [-0.3, -0.25) is 4.79 Å². The van der Waals surface area contributed by atoms with E-state index in [1.807, 2.05) is 0 Å². The van der Waals surface area contributed by atoms with Gasteiger partial charge in [0.15, 0.2) is 0 Å². The van der Waals surface area contributed by atoms with Gasteiger partial charge in [-0.1, -0.05) is 202 Å². The predicted octanol–water partition coefficient (Wildman–Crippen LogP) is 15.5. The Morgan fingerprint density at radius 3 is 1.24 bits per heavy atom. The lowest BCUT2D eigenvalue weighted by Gasteiger charge is -2.15. The summed E-state index contributed by atoms with van der Waals surface area (Å²) in [6, 6.07) is 0. The van der Waals surface area contributed by atoms with Gasteiger partial charge in [-0.15, -0.1) is 0 Å². The minimum atomic E-state index is -0.569. The number of rotatable bonds is 42. The Morgan fingerprint density at radius 1 is 0.455 bits per heavy atom. The maximum absolute atomic E-state index is 12.2. The maximum atomic E-state index is 12.2. The molecule has 1 atom stereocenters. The minimum Gasteiger partial charge on any atom is -0.457 e. The molecule has 0 bridgehead atoms. The molecule has 0 aromatic carbocycles. The fourth-order valence-electron chi connectivity index (χ4n) is 6.28. The molecule has 0 saturated heterocycles. The maximum Gasteiger partial charge on any atom is 0.306 e. The Kier molecular flexibility index (Phi) is 45.6. The van der Waals surface area contributed by atoms with Crippen LogP contribution in [0.25, 0.3) is 0 Å². The lowest BCUT2D eigenvalue weighted by atomic mass is 10.0. The average molecular weight is 765 g/mol. The Labute approximate surface area is 341 Å². The molecule has 0 amide bonds. The van der Waals surface area contributed by atoms with E-state index in [1.165, 1.54) is 128 Å². The fraction of sp³-hybridized carbons (Fsp3) is 0.706. The van der Waals surface area contributed by atoms with E-state index in [4.69, 9.17) is 9.47 Å². The van der Waals surface area contributed by atoms with Crippen LogP contribution in [0.5, 0.6) is 0 Å². The highest BCUT2D eigenvalue weighted by atomic mass is 16.6. The van der Waals surface area contributed by atoms with Crippen LogP contribution in [0.1, 0.15) is 206 Å². The summed E-state index contributed by atoms with van der Waals surface area (Å²) in [7, 11) is 0. The molecule has 0 aromatic heterocycles. The average Bonchev–Trinajstić information content (AvgIpc) is 3.19. The van der Waals surface area contributed by atoms with Crippen molar-refractivity contribution >= 4 is 5.97 Å². The standard InChI is InChI=1S/C51H88O4/c1-3-5-7-9-11-13-15-17-19-21-22-23-24-25-26-27-28-29-31-33-35-37-39-41-43-45-47-54-49-50(48-52)55-51(53)46-44-42-40-38-36-34-32-30-20-18-16-14-12-10-8-6-4-2/h6,8,12,14-15,17-18,20-22,32,34,38,40,50,52H,3-5,7,9-11,13,16,19,23-31,33,35-37,39,41-49H2,1-2H3/b8-6-,14-12-,17-15-,20-18-,22-21-,34-32-,40-38-. The summed E-state index contributed by atoms with van der Waals surface area (Å²) in [5.74, 6) is -0.258. The second-order valence-electron chi connectivity index (χ2n) is 15.1. The summed E-state index contributed by atoms with van der Waals surface area (Å²) in [6.45, 7) is 5.16. The number of hydrogen-bond acceptors (Lipinski definition) is 4. The SMILES string of the molecule is CC/C=C\C/C=C\C/C=C\C/C=C\C/C=C\CCCC(=O)OC(CO)COCCCCCCCCCCCCCCCC/C=C\C/C=C\CCCCCCC. The van der Waals surface area contributed by atoms with Gasteiger partial charge in [0.05, 0.1) is 13.2 Å². The van der Waals surface area contributed by atoms with Crippen molar-refractivity contribution in [2.75, 3.05) is 19.8 Å². The van der Waals surface area contributed by atoms with E-state index in [0.717, 1.165) is 57.8 Å². The van der Waals surface area contributed by atoms with E-state index in [2.05, 4.69) is 98.9 Å². The molecule has 0 rings (SSSR count). The number of unbranched alkanes of at least 4 members (excludes halogenated alkanes) is 20. The minimum absolute atomic E-state index is 0.198. The van der Waals surface area contributed by atoms with Crippen molar-refractivity contribution in [1.82, 2.24) is 0 Å². The molecule has 55 heavy (non-hydrogen) atoms. The molecule has 0 aliphatic heterocycles. The van der Waals surface area contributed by atoms with Crippen LogP contribution in [0.3, 0.4) is 0 Å². The van der Waals surface area contributed by atoms with Crippen LogP contribution in [-0.4, -0.2) is 37.0 Å². The van der Waals surface area contributed by atoms with Crippen LogP contribution in [-0.2, 0) is 14.3 Å². The number of allylic oxidation sites excluding steroid dienone is 14.